The van der Waals surface area contributed by atoms with Crippen LogP contribution in [-0.2, 0) is 14.3 Å². The van der Waals surface area contributed by atoms with E-state index in [-0.39, 0.29) is 11.8 Å². The second-order valence-corrected chi connectivity index (χ2v) is 8.25. The topological polar surface area (TPSA) is 85.5 Å². The molecule has 1 aromatic heterocycles. The van der Waals surface area contributed by atoms with E-state index in [1.807, 2.05) is 19.9 Å². The number of imide groups is 1. The van der Waals surface area contributed by atoms with E-state index in [0.29, 0.717) is 11.4 Å². The number of carbonyl (C=O) groups is 2. The van der Waals surface area contributed by atoms with Gasteiger partial charge in [-0.25, -0.2) is 9.88 Å². The van der Waals surface area contributed by atoms with Crippen LogP contribution < -0.4 is 10.6 Å². The van der Waals surface area contributed by atoms with Gasteiger partial charge >= 0.3 is 0 Å². The number of aromatic nitrogens is 1. The zero-order valence-corrected chi connectivity index (χ0v) is 14.2. The minimum atomic E-state index is -0.558. The second kappa shape index (κ2) is 4.15. The van der Waals surface area contributed by atoms with E-state index in [4.69, 9.17) is 10.5 Å². The molecule has 2 N–H and O–H groups in total. The third kappa shape index (κ3) is 1.48. The summed E-state index contributed by atoms with van der Waals surface area (Å²) in [7, 11) is 0. The van der Waals surface area contributed by atoms with Gasteiger partial charge in [0.1, 0.15) is 0 Å². The molecule has 2 unspecified atom stereocenters. The molecule has 6 nitrogen and oxygen atoms in total. The van der Waals surface area contributed by atoms with Gasteiger partial charge in [-0.3, -0.25) is 9.59 Å². The minimum absolute atomic E-state index is 0.191. The van der Waals surface area contributed by atoms with Gasteiger partial charge in [-0.05, 0) is 38.8 Å². The quantitative estimate of drug-likeness (QED) is 0.634. The number of fused-ring (bicyclic) bond motifs is 6. The number of thiazole rings is 1. The van der Waals surface area contributed by atoms with Crippen LogP contribution in [0.15, 0.2) is 17.6 Å². The normalized spacial score (nSPS) is 37.7. The van der Waals surface area contributed by atoms with E-state index in [9.17, 15) is 9.59 Å². The van der Waals surface area contributed by atoms with Crippen molar-refractivity contribution in [2.75, 3.05) is 10.6 Å². The maximum absolute atomic E-state index is 13.2. The van der Waals surface area contributed by atoms with Crippen LogP contribution in [0.2, 0.25) is 0 Å². The van der Waals surface area contributed by atoms with Gasteiger partial charge in [0.05, 0.1) is 50.1 Å². The van der Waals surface area contributed by atoms with Crippen LogP contribution in [0.4, 0.5) is 11.4 Å². The molecule has 5 rings (SSSR count). The number of nitrogen functional groups attached to an aromatic ring is 1. The molecule has 4 atom stereocenters. The maximum atomic E-state index is 13.2. The number of nitrogens with zero attached hydrogens (tertiary/aromatic N) is 2. The summed E-state index contributed by atoms with van der Waals surface area (Å²) in [5.41, 5.74) is 8.41. The van der Waals surface area contributed by atoms with Crippen molar-refractivity contribution in [1.29, 1.82) is 0 Å². The van der Waals surface area contributed by atoms with Crippen molar-refractivity contribution in [2.24, 2.45) is 11.8 Å². The number of anilines is 2. The van der Waals surface area contributed by atoms with E-state index in [1.54, 1.807) is 11.6 Å². The Kier molecular flexibility index (Phi) is 2.48. The number of hydrogen-bond acceptors (Lipinski definition) is 6. The first-order valence-electron chi connectivity index (χ1n) is 8.05. The Balaban J connectivity index is 1.71. The molecule has 2 amide bonds. The predicted molar refractivity (Wildman–Crippen MR) is 90.6 cm³/mol. The molecule has 3 aliphatic heterocycles. The Morgan fingerprint density at radius 1 is 1.21 bits per heavy atom. The van der Waals surface area contributed by atoms with Crippen molar-refractivity contribution in [1.82, 2.24) is 4.98 Å². The summed E-state index contributed by atoms with van der Waals surface area (Å²) in [4.78, 5) is 32.0. The van der Waals surface area contributed by atoms with Gasteiger partial charge in [0.25, 0.3) is 0 Å². The van der Waals surface area contributed by atoms with Crippen LogP contribution in [0.5, 0.6) is 0 Å². The first-order valence-corrected chi connectivity index (χ1v) is 8.93. The highest BCUT2D eigenvalue weighted by Gasteiger charge is 2.72. The first-order chi connectivity index (χ1) is 11.4. The second-order valence-electron chi connectivity index (χ2n) is 7.40. The number of benzene rings is 1. The summed E-state index contributed by atoms with van der Waals surface area (Å²) < 4.78 is 6.91. The highest BCUT2D eigenvalue weighted by atomic mass is 32.1. The van der Waals surface area contributed by atoms with Crippen molar-refractivity contribution >= 4 is 44.7 Å². The van der Waals surface area contributed by atoms with Gasteiger partial charge in [-0.2, -0.15) is 0 Å². The summed E-state index contributed by atoms with van der Waals surface area (Å²) >= 11 is 1.39. The van der Waals surface area contributed by atoms with Crippen LogP contribution in [0.1, 0.15) is 26.7 Å². The fraction of sp³-hybridized carbons (Fsp3) is 0.471. The number of rotatable bonds is 1. The summed E-state index contributed by atoms with van der Waals surface area (Å²) in [6, 6.07) is 3.52. The van der Waals surface area contributed by atoms with Crippen molar-refractivity contribution in [3.8, 4) is 0 Å². The van der Waals surface area contributed by atoms with Gasteiger partial charge in [0.2, 0.25) is 11.8 Å². The van der Waals surface area contributed by atoms with E-state index >= 15 is 0 Å². The summed E-state index contributed by atoms with van der Waals surface area (Å²) in [5.74, 6) is -1.23. The average molecular weight is 343 g/mol. The van der Waals surface area contributed by atoms with E-state index < -0.39 is 23.0 Å². The Hall–Kier alpha value is -1.99. The molecule has 0 aliphatic carbocycles. The number of hydrogen-bond donors (Lipinski definition) is 1. The SMILES string of the molecule is CC12CCC(C)(O1)[C@H]1C(=O)N(c3c(N)ccc4ncsc34)C(=O)[C@H]12. The molecule has 1 aromatic carbocycles. The molecule has 3 saturated heterocycles. The molecule has 0 saturated carbocycles. The van der Waals surface area contributed by atoms with Crippen LogP contribution in [0, 0.1) is 11.8 Å². The lowest BCUT2D eigenvalue weighted by atomic mass is 9.69. The molecular weight excluding hydrogens is 326 g/mol. The number of nitrogens with two attached hydrogens (primary N) is 1. The van der Waals surface area contributed by atoms with Crippen molar-refractivity contribution < 1.29 is 14.3 Å². The molecule has 7 heteroatoms. The molecule has 3 aliphatic rings. The fourth-order valence-electron chi connectivity index (χ4n) is 4.85. The zero-order chi connectivity index (χ0) is 16.9. The van der Waals surface area contributed by atoms with Crippen molar-refractivity contribution in [3.05, 3.63) is 17.6 Å². The summed E-state index contributed by atoms with van der Waals surface area (Å²) in [5, 5.41) is 0. The molecule has 24 heavy (non-hydrogen) atoms. The Labute approximate surface area is 142 Å². The van der Waals surface area contributed by atoms with E-state index in [0.717, 1.165) is 23.1 Å². The first kappa shape index (κ1) is 14.4. The monoisotopic (exact) mass is 343 g/mol. The summed E-state index contributed by atoms with van der Waals surface area (Å²) in [6.45, 7) is 3.91. The highest BCUT2D eigenvalue weighted by Crippen LogP contribution is 2.61. The van der Waals surface area contributed by atoms with Gasteiger partial charge in [-0.15, -0.1) is 11.3 Å². The number of ether oxygens (including phenoxy) is 1. The molecular formula is C17H17N3O3S. The molecule has 0 spiro atoms. The van der Waals surface area contributed by atoms with Gasteiger partial charge < -0.3 is 10.5 Å². The lowest BCUT2D eigenvalue weighted by molar-refractivity contribution is -0.129. The van der Waals surface area contributed by atoms with Crippen LogP contribution in [0.25, 0.3) is 10.2 Å². The standard InChI is InChI=1S/C17H17N3O3S/c1-16-5-6-17(2,23-16)11-10(16)14(21)20(15(11)22)12-8(18)3-4-9-13(12)24-7-19-9/h3-4,7,10-11H,5-6,18H2,1-2H3/t10-,11+,16?,17?. The Morgan fingerprint density at radius 2 is 1.83 bits per heavy atom. The third-order valence-electron chi connectivity index (χ3n) is 5.93. The van der Waals surface area contributed by atoms with Crippen LogP contribution in [-0.4, -0.2) is 28.0 Å². The maximum Gasteiger partial charge on any atom is 0.240 e. The molecule has 2 aromatic rings. The van der Waals surface area contributed by atoms with E-state index in [2.05, 4.69) is 4.98 Å². The van der Waals surface area contributed by atoms with Crippen molar-refractivity contribution in [3.63, 3.8) is 0 Å². The van der Waals surface area contributed by atoms with E-state index in [1.165, 1.54) is 16.2 Å². The van der Waals surface area contributed by atoms with Crippen molar-refractivity contribution in [2.45, 2.75) is 37.9 Å². The lowest BCUT2D eigenvalue weighted by Crippen LogP contribution is -2.40. The average Bonchev–Trinajstić information content (AvgIpc) is 3.22. The minimum Gasteiger partial charge on any atom is -0.397 e. The number of amides is 2. The van der Waals surface area contributed by atoms with Crippen LogP contribution in [0.3, 0.4) is 0 Å². The Morgan fingerprint density at radius 3 is 2.46 bits per heavy atom. The van der Waals surface area contributed by atoms with Gasteiger partial charge in [0.15, 0.2) is 0 Å². The molecule has 4 heterocycles. The molecule has 3 fully saturated rings. The van der Waals surface area contributed by atoms with Crippen LogP contribution >= 0.6 is 11.3 Å². The molecule has 124 valence electrons. The number of carbonyl (C=O) groups excluding carboxylic acids is 2. The highest BCUT2D eigenvalue weighted by molar-refractivity contribution is 7.17. The smallest absolute Gasteiger partial charge is 0.240 e. The molecule has 0 radical (unpaired) electrons. The molecule has 2 bridgehead atoms. The van der Waals surface area contributed by atoms with Gasteiger partial charge in [-0.1, -0.05) is 0 Å². The fourth-order valence-corrected chi connectivity index (χ4v) is 5.68. The Bertz CT molecular complexity index is 891. The third-order valence-corrected chi connectivity index (χ3v) is 6.78. The lowest BCUT2D eigenvalue weighted by Gasteiger charge is -2.27. The zero-order valence-electron chi connectivity index (χ0n) is 13.4. The predicted octanol–water partition coefficient (Wildman–Crippen LogP) is 2.33. The largest absolute Gasteiger partial charge is 0.397 e. The summed E-state index contributed by atoms with van der Waals surface area (Å²) in [6.07, 6.45) is 1.61. The van der Waals surface area contributed by atoms with Gasteiger partial charge in [0, 0.05) is 0 Å².